The van der Waals surface area contributed by atoms with Gasteiger partial charge in [-0.2, -0.15) is 0 Å². The number of rotatable bonds is 3. The normalized spacial score (nSPS) is 20.2. The van der Waals surface area contributed by atoms with Crippen LogP contribution in [0.4, 0.5) is 0 Å². The van der Waals surface area contributed by atoms with Crippen molar-refractivity contribution in [2.24, 2.45) is 5.92 Å². The standard InChI is InChI=1S/C9H17NO3/c1-7(2)9(12)5-10(6-9)8(11)4-13-3/h7,12H,4-6H2,1-3H3. The van der Waals surface area contributed by atoms with Gasteiger partial charge in [-0.1, -0.05) is 13.8 Å². The Kier molecular flexibility index (Phi) is 2.93. The molecule has 1 N–H and O–H groups in total. The molecule has 1 aliphatic heterocycles. The van der Waals surface area contributed by atoms with Crippen molar-refractivity contribution in [3.63, 3.8) is 0 Å². The van der Waals surface area contributed by atoms with E-state index < -0.39 is 5.60 Å². The van der Waals surface area contributed by atoms with Gasteiger partial charge < -0.3 is 14.7 Å². The number of methoxy groups -OCH3 is 1. The van der Waals surface area contributed by atoms with E-state index in [2.05, 4.69) is 0 Å². The third kappa shape index (κ3) is 2.00. The summed E-state index contributed by atoms with van der Waals surface area (Å²) in [5.74, 6) is 0.145. The number of hydrogen-bond acceptors (Lipinski definition) is 3. The molecule has 13 heavy (non-hydrogen) atoms. The van der Waals surface area contributed by atoms with Gasteiger partial charge in [-0.15, -0.1) is 0 Å². The predicted octanol–water partition coefficient (Wildman–Crippen LogP) is -0.138. The lowest BCUT2D eigenvalue weighted by Crippen LogP contribution is -2.66. The zero-order valence-electron chi connectivity index (χ0n) is 8.41. The first-order valence-electron chi connectivity index (χ1n) is 4.48. The summed E-state index contributed by atoms with van der Waals surface area (Å²) in [6.45, 7) is 4.89. The number of carbonyl (C=O) groups is 1. The second-order valence-electron chi connectivity index (χ2n) is 3.94. The maximum absolute atomic E-state index is 11.2. The lowest BCUT2D eigenvalue weighted by atomic mass is 9.83. The lowest BCUT2D eigenvalue weighted by Gasteiger charge is -2.48. The third-order valence-corrected chi connectivity index (χ3v) is 2.62. The highest BCUT2D eigenvalue weighted by molar-refractivity contribution is 5.78. The van der Waals surface area contributed by atoms with Gasteiger partial charge in [0.15, 0.2) is 0 Å². The lowest BCUT2D eigenvalue weighted by molar-refractivity contribution is -0.167. The van der Waals surface area contributed by atoms with Gasteiger partial charge in [-0.3, -0.25) is 4.79 Å². The first-order chi connectivity index (χ1) is 5.99. The molecule has 0 saturated carbocycles. The molecule has 0 atom stereocenters. The van der Waals surface area contributed by atoms with Crippen molar-refractivity contribution in [3.8, 4) is 0 Å². The summed E-state index contributed by atoms with van der Waals surface area (Å²) in [5, 5.41) is 9.84. The summed E-state index contributed by atoms with van der Waals surface area (Å²) in [5.41, 5.74) is -0.677. The molecule has 0 bridgehead atoms. The SMILES string of the molecule is COCC(=O)N1CC(O)(C(C)C)C1. The second-order valence-corrected chi connectivity index (χ2v) is 3.94. The Labute approximate surface area is 78.5 Å². The van der Waals surface area contributed by atoms with Gasteiger partial charge in [0.2, 0.25) is 5.91 Å². The molecular formula is C9H17NO3. The van der Waals surface area contributed by atoms with Crippen LogP contribution in [-0.2, 0) is 9.53 Å². The molecule has 1 saturated heterocycles. The van der Waals surface area contributed by atoms with Gasteiger partial charge in [-0.25, -0.2) is 0 Å². The van der Waals surface area contributed by atoms with Crippen LogP contribution in [0.5, 0.6) is 0 Å². The zero-order chi connectivity index (χ0) is 10.1. The molecule has 0 aromatic carbocycles. The smallest absolute Gasteiger partial charge is 0.248 e. The Bertz CT molecular complexity index is 197. The topological polar surface area (TPSA) is 49.8 Å². The summed E-state index contributed by atoms with van der Waals surface area (Å²) in [6, 6.07) is 0. The van der Waals surface area contributed by atoms with Gasteiger partial charge in [0.1, 0.15) is 12.2 Å². The maximum atomic E-state index is 11.2. The van der Waals surface area contributed by atoms with Crippen LogP contribution >= 0.6 is 0 Å². The first kappa shape index (κ1) is 10.5. The number of ether oxygens (including phenoxy) is 1. The Morgan fingerprint density at radius 1 is 1.62 bits per heavy atom. The van der Waals surface area contributed by atoms with Crippen LogP contribution in [0, 0.1) is 5.92 Å². The minimum atomic E-state index is -0.677. The van der Waals surface area contributed by atoms with Crippen LogP contribution in [-0.4, -0.2) is 48.3 Å². The largest absolute Gasteiger partial charge is 0.386 e. The Morgan fingerprint density at radius 3 is 2.54 bits per heavy atom. The van der Waals surface area contributed by atoms with E-state index in [1.807, 2.05) is 13.8 Å². The molecule has 4 nitrogen and oxygen atoms in total. The van der Waals surface area contributed by atoms with Crippen LogP contribution in [0.2, 0.25) is 0 Å². The van der Waals surface area contributed by atoms with Gasteiger partial charge in [0, 0.05) is 7.11 Å². The average Bonchev–Trinajstić information content (AvgIpc) is 1.98. The van der Waals surface area contributed by atoms with E-state index in [9.17, 15) is 9.90 Å². The number of hydrogen-bond donors (Lipinski definition) is 1. The van der Waals surface area contributed by atoms with Crippen molar-refractivity contribution in [2.45, 2.75) is 19.4 Å². The number of carbonyl (C=O) groups excluding carboxylic acids is 1. The molecule has 1 heterocycles. The van der Waals surface area contributed by atoms with Crippen molar-refractivity contribution in [2.75, 3.05) is 26.8 Å². The molecule has 0 aliphatic carbocycles. The van der Waals surface area contributed by atoms with Crippen LogP contribution in [0.1, 0.15) is 13.8 Å². The molecule has 1 aliphatic rings. The van der Waals surface area contributed by atoms with Gasteiger partial charge in [0.05, 0.1) is 13.1 Å². The summed E-state index contributed by atoms with van der Waals surface area (Å²) in [6.07, 6.45) is 0. The zero-order valence-corrected chi connectivity index (χ0v) is 8.41. The van der Waals surface area contributed by atoms with Crippen molar-refractivity contribution >= 4 is 5.91 Å². The highest BCUT2D eigenvalue weighted by atomic mass is 16.5. The molecule has 0 unspecified atom stereocenters. The van der Waals surface area contributed by atoms with Crippen molar-refractivity contribution in [1.82, 2.24) is 4.90 Å². The van der Waals surface area contributed by atoms with Crippen LogP contribution in [0.25, 0.3) is 0 Å². The molecule has 0 radical (unpaired) electrons. The number of amides is 1. The van der Waals surface area contributed by atoms with E-state index in [1.165, 1.54) is 7.11 Å². The summed E-state index contributed by atoms with van der Waals surface area (Å²) >= 11 is 0. The fourth-order valence-corrected chi connectivity index (χ4v) is 1.37. The Morgan fingerprint density at radius 2 is 2.15 bits per heavy atom. The monoisotopic (exact) mass is 187 g/mol. The fraction of sp³-hybridized carbons (Fsp3) is 0.889. The van der Waals surface area contributed by atoms with Crippen molar-refractivity contribution < 1.29 is 14.6 Å². The fourth-order valence-electron chi connectivity index (χ4n) is 1.37. The first-order valence-corrected chi connectivity index (χ1v) is 4.48. The number of β-amino-alcohol motifs (C(OH)–C–C–N with tert-alkyl or cyclic N) is 1. The van der Waals surface area contributed by atoms with E-state index in [-0.39, 0.29) is 18.4 Å². The molecule has 1 amide bonds. The van der Waals surface area contributed by atoms with Gasteiger partial charge in [0.25, 0.3) is 0 Å². The van der Waals surface area contributed by atoms with Crippen molar-refractivity contribution in [3.05, 3.63) is 0 Å². The van der Waals surface area contributed by atoms with E-state index in [4.69, 9.17) is 4.74 Å². The Hall–Kier alpha value is -0.610. The molecule has 76 valence electrons. The minimum absolute atomic E-state index is 0.0483. The van der Waals surface area contributed by atoms with Gasteiger partial charge in [-0.05, 0) is 5.92 Å². The van der Waals surface area contributed by atoms with Crippen LogP contribution < -0.4 is 0 Å². The third-order valence-electron chi connectivity index (χ3n) is 2.62. The number of aliphatic hydroxyl groups is 1. The van der Waals surface area contributed by atoms with E-state index in [1.54, 1.807) is 4.90 Å². The average molecular weight is 187 g/mol. The molecule has 0 aromatic rings. The molecular weight excluding hydrogens is 170 g/mol. The Balaban J connectivity index is 2.36. The van der Waals surface area contributed by atoms with Gasteiger partial charge >= 0.3 is 0 Å². The number of likely N-dealkylation sites (tertiary alicyclic amines) is 1. The summed E-state index contributed by atoms with van der Waals surface area (Å²) in [7, 11) is 1.49. The maximum Gasteiger partial charge on any atom is 0.248 e. The summed E-state index contributed by atoms with van der Waals surface area (Å²) in [4.78, 5) is 12.8. The highest BCUT2D eigenvalue weighted by Crippen LogP contribution is 2.28. The van der Waals surface area contributed by atoms with E-state index in [0.717, 1.165) is 0 Å². The number of nitrogens with zero attached hydrogens (tertiary/aromatic N) is 1. The second kappa shape index (κ2) is 3.64. The quantitative estimate of drug-likeness (QED) is 0.669. The van der Waals surface area contributed by atoms with Crippen LogP contribution in [0.15, 0.2) is 0 Å². The van der Waals surface area contributed by atoms with Crippen LogP contribution in [0.3, 0.4) is 0 Å². The minimum Gasteiger partial charge on any atom is -0.386 e. The summed E-state index contributed by atoms with van der Waals surface area (Å²) < 4.78 is 4.72. The molecule has 0 spiro atoms. The van der Waals surface area contributed by atoms with Crippen molar-refractivity contribution in [1.29, 1.82) is 0 Å². The van der Waals surface area contributed by atoms with E-state index >= 15 is 0 Å². The highest BCUT2D eigenvalue weighted by Gasteiger charge is 2.45. The molecule has 1 fully saturated rings. The molecule has 0 aromatic heterocycles. The molecule has 1 rings (SSSR count). The molecule has 4 heteroatoms. The van der Waals surface area contributed by atoms with E-state index in [0.29, 0.717) is 13.1 Å². The predicted molar refractivity (Wildman–Crippen MR) is 48.2 cm³/mol.